The van der Waals surface area contributed by atoms with E-state index < -0.39 is 11.7 Å². The van der Waals surface area contributed by atoms with Gasteiger partial charge in [-0.1, -0.05) is 18.2 Å². The van der Waals surface area contributed by atoms with Gasteiger partial charge in [-0.2, -0.15) is 13.2 Å². The molecule has 2 aliphatic rings. The average Bonchev–Trinajstić information content (AvgIpc) is 2.65. The van der Waals surface area contributed by atoms with Gasteiger partial charge in [0.15, 0.2) is 0 Å². The minimum Gasteiger partial charge on any atom is -0.352 e. The Balaban J connectivity index is 1.43. The van der Waals surface area contributed by atoms with Gasteiger partial charge in [-0.05, 0) is 37.3 Å². The number of piperidine rings is 2. The largest absolute Gasteiger partial charge is 0.416 e. The monoisotopic (exact) mass is 397 g/mol. The molecular formula is C20H26F3N3O2. The number of benzene rings is 1. The SMILES string of the molecule is O=C(CN1CCCCC1=O)NC1CCN(Cc2cccc(C(F)(F)F)c2)CC1. The molecule has 2 fully saturated rings. The maximum Gasteiger partial charge on any atom is 0.416 e. The molecular weight excluding hydrogens is 371 g/mol. The van der Waals surface area contributed by atoms with Crippen molar-refractivity contribution in [1.29, 1.82) is 0 Å². The van der Waals surface area contributed by atoms with Crippen molar-refractivity contribution in [3.63, 3.8) is 0 Å². The third-order valence-electron chi connectivity index (χ3n) is 5.37. The number of alkyl halides is 3. The summed E-state index contributed by atoms with van der Waals surface area (Å²) in [5, 5.41) is 2.99. The summed E-state index contributed by atoms with van der Waals surface area (Å²) in [5.41, 5.74) is 0.0142. The normalized spacial score (nSPS) is 19.7. The van der Waals surface area contributed by atoms with Crippen LogP contribution in [-0.2, 0) is 22.3 Å². The zero-order valence-electron chi connectivity index (χ0n) is 15.8. The molecule has 0 unspecified atom stereocenters. The first-order valence-electron chi connectivity index (χ1n) is 9.77. The summed E-state index contributed by atoms with van der Waals surface area (Å²) in [6.07, 6.45) is -0.490. The second-order valence-electron chi connectivity index (χ2n) is 7.59. The Morgan fingerprint density at radius 3 is 2.57 bits per heavy atom. The summed E-state index contributed by atoms with van der Waals surface area (Å²) in [6, 6.07) is 5.47. The summed E-state index contributed by atoms with van der Waals surface area (Å²) >= 11 is 0. The second kappa shape index (κ2) is 8.94. The molecule has 3 rings (SSSR count). The molecule has 0 aliphatic carbocycles. The molecule has 0 spiro atoms. The topological polar surface area (TPSA) is 52.7 Å². The van der Waals surface area contributed by atoms with E-state index in [2.05, 4.69) is 10.2 Å². The molecule has 0 saturated carbocycles. The Labute approximate surface area is 162 Å². The molecule has 0 aromatic heterocycles. The van der Waals surface area contributed by atoms with Gasteiger partial charge in [0.1, 0.15) is 0 Å². The summed E-state index contributed by atoms with van der Waals surface area (Å²) in [4.78, 5) is 27.7. The number of hydrogen-bond donors (Lipinski definition) is 1. The summed E-state index contributed by atoms with van der Waals surface area (Å²) in [6.45, 7) is 2.64. The number of carbonyl (C=O) groups is 2. The van der Waals surface area contributed by atoms with Gasteiger partial charge in [-0.25, -0.2) is 0 Å². The highest BCUT2D eigenvalue weighted by Gasteiger charge is 2.30. The molecule has 0 radical (unpaired) electrons. The lowest BCUT2D eigenvalue weighted by atomic mass is 10.0. The van der Waals surface area contributed by atoms with Crippen molar-refractivity contribution in [2.24, 2.45) is 0 Å². The predicted molar refractivity (Wildman–Crippen MR) is 98.3 cm³/mol. The van der Waals surface area contributed by atoms with Crippen LogP contribution in [0.2, 0.25) is 0 Å². The Kier molecular flexibility index (Phi) is 6.59. The Morgan fingerprint density at radius 2 is 1.89 bits per heavy atom. The first kappa shape index (κ1) is 20.6. The van der Waals surface area contributed by atoms with E-state index in [0.29, 0.717) is 38.2 Å². The van der Waals surface area contributed by atoms with Crippen LogP contribution in [0.25, 0.3) is 0 Å². The van der Waals surface area contributed by atoms with Crippen molar-refractivity contribution < 1.29 is 22.8 Å². The van der Waals surface area contributed by atoms with E-state index in [-0.39, 0.29) is 24.4 Å². The molecule has 2 saturated heterocycles. The molecule has 0 bridgehead atoms. The number of hydrogen-bond acceptors (Lipinski definition) is 3. The van der Waals surface area contributed by atoms with Crippen molar-refractivity contribution in [2.45, 2.75) is 50.9 Å². The number of amides is 2. The molecule has 1 aromatic carbocycles. The van der Waals surface area contributed by atoms with Gasteiger partial charge >= 0.3 is 6.18 Å². The van der Waals surface area contributed by atoms with Crippen molar-refractivity contribution in [2.75, 3.05) is 26.2 Å². The number of carbonyl (C=O) groups excluding carboxylic acids is 2. The molecule has 5 nitrogen and oxygen atoms in total. The van der Waals surface area contributed by atoms with Crippen molar-refractivity contribution >= 4 is 11.8 Å². The van der Waals surface area contributed by atoms with E-state index in [1.807, 2.05) is 0 Å². The Hall–Kier alpha value is -2.09. The number of nitrogens with one attached hydrogen (secondary N) is 1. The summed E-state index contributed by atoms with van der Waals surface area (Å²) < 4.78 is 38.5. The Bertz CT molecular complexity index is 700. The molecule has 1 aromatic rings. The van der Waals surface area contributed by atoms with Crippen LogP contribution >= 0.6 is 0 Å². The fourth-order valence-electron chi connectivity index (χ4n) is 3.82. The van der Waals surface area contributed by atoms with Gasteiger partial charge in [0, 0.05) is 38.6 Å². The first-order valence-corrected chi connectivity index (χ1v) is 9.77. The van der Waals surface area contributed by atoms with Crippen molar-refractivity contribution in [3.05, 3.63) is 35.4 Å². The molecule has 8 heteroatoms. The molecule has 1 N–H and O–H groups in total. The fraction of sp³-hybridized carbons (Fsp3) is 0.600. The smallest absolute Gasteiger partial charge is 0.352 e. The maximum absolute atomic E-state index is 12.8. The predicted octanol–water partition coefficient (Wildman–Crippen LogP) is 2.80. The number of nitrogens with zero attached hydrogens (tertiary/aromatic N) is 2. The van der Waals surface area contributed by atoms with Crippen molar-refractivity contribution in [3.8, 4) is 0 Å². The lowest BCUT2D eigenvalue weighted by Crippen LogP contribution is -2.48. The van der Waals surface area contributed by atoms with Crippen LogP contribution in [0.15, 0.2) is 24.3 Å². The highest BCUT2D eigenvalue weighted by atomic mass is 19.4. The van der Waals surface area contributed by atoms with E-state index in [9.17, 15) is 22.8 Å². The van der Waals surface area contributed by atoms with Crippen LogP contribution in [-0.4, -0.2) is 53.8 Å². The van der Waals surface area contributed by atoms with Crippen LogP contribution in [0.5, 0.6) is 0 Å². The van der Waals surface area contributed by atoms with Gasteiger partial charge in [0.05, 0.1) is 12.1 Å². The highest BCUT2D eigenvalue weighted by Crippen LogP contribution is 2.30. The third kappa shape index (κ3) is 5.70. The highest BCUT2D eigenvalue weighted by molar-refractivity contribution is 5.85. The third-order valence-corrected chi connectivity index (χ3v) is 5.37. The van der Waals surface area contributed by atoms with Gasteiger partial charge in [-0.15, -0.1) is 0 Å². The quantitative estimate of drug-likeness (QED) is 0.831. The molecule has 2 aliphatic heterocycles. The van der Waals surface area contributed by atoms with Crippen LogP contribution < -0.4 is 5.32 Å². The van der Waals surface area contributed by atoms with E-state index in [4.69, 9.17) is 0 Å². The van der Waals surface area contributed by atoms with Gasteiger partial charge < -0.3 is 10.2 Å². The number of halogens is 3. The summed E-state index contributed by atoms with van der Waals surface area (Å²) in [5.74, 6) is -0.0936. The maximum atomic E-state index is 12.8. The van der Waals surface area contributed by atoms with Crippen LogP contribution in [0, 0.1) is 0 Å². The Morgan fingerprint density at radius 1 is 1.14 bits per heavy atom. The van der Waals surface area contributed by atoms with E-state index in [1.54, 1.807) is 11.0 Å². The van der Waals surface area contributed by atoms with Gasteiger partial charge in [0.25, 0.3) is 0 Å². The summed E-state index contributed by atoms with van der Waals surface area (Å²) in [7, 11) is 0. The zero-order valence-corrected chi connectivity index (χ0v) is 15.8. The minimum atomic E-state index is -4.33. The minimum absolute atomic E-state index is 0.0392. The molecule has 154 valence electrons. The molecule has 2 heterocycles. The van der Waals surface area contributed by atoms with E-state index in [1.165, 1.54) is 12.1 Å². The van der Waals surface area contributed by atoms with Crippen molar-refractivity contribution in [1.82, 2.24) is 15.1 Å². The van der Waals surface area contributed by atoms with Gasteiger partial charge in [0.2, 0.25) is 11.8 Å². The molecule has 28 heavy (non-hydrogen) atoms. The first-order chi connectivity index (χ1) is 13.3. The molecule has 2 amide bonds. The lowest BCUT2D eigenvalue weighted by molar-refractivity contribution is -0.138. The van der Waals surface area contributed by atoms with Crippen LogP contribution in [0.1, 0.15) is 43.2 Å². The fourth-order valence-corrected chi connectivity index (χ4v) is 3.82. The van der Waals surface area contributed by atoms with E-state index >= 15 is 0 Å². The van der Waals surface area contributed by atoms with Gasteiger partial charge in [-0.3, -0.25) is 14.5 Å². The van der Waals surface area contributed by atoms with Crippen LogP contribution in [0.3, 0.4) is 0 Å². The molecule has 0 atom stereocenters. The number of rotatable bonds is 5. The lowest BCUT2D eigenvalue weighted by Gasteiger charge is -2.33. The average molecular weight is 397 g/mol. The van der Waals surface area contributed by atoms with E-state index in [0.717, 1.165) is 31.7 Å². The zero-order chi connectivity index (χ0) is 20.1. The standard InChI is InChI=1S/C20H26F3N3O2/c21-20(22,23)16-5-3-4-15(12-16)13-25-10-7-17(8-11-25)24-18(27)14-26-9-2-1-6-19(26)28/h3-5,12,17H,1-2,6-11,13-14H2,(H,24,27). The second-order valence-corrected chi connectivity index (χ2v) is 7.59. The van der Waals surface area contributed by atoms with Crippen LogP contribution in [0.4, 0.5) is 13.2 Å². The number of likely N-dealkylation sites (tertiary alicyclic amines) is 2.